The molecule has 0 fully saturated rings. The minimum absolute atomic E-state index is 0.213. The largest absolute Gasteiger partial charge is 0.496 e. The van der Waals surface area contributed by atoms with E-state index in [0.29, 0.717) is 35.6 Å². The van der Waals surface area contributed by atoms with Gasteiger partial charge in [-0.1, -0.05) is 19.3 Å². The van der Waals surface area contributed by atoms with Gasteiger partial charge in [-0.15, -0.1) is 0 Å². The molecule has 0 aliphatic carbocycles. The molecule has 1 aromatic rings. The molecule has 0 radical (unpaired) electrons. The van der Waals surface area contributed by atoms with Crippen molar-refractivity contribution in [1.29, 1.82) is 0 Å². The number of rotatable bonds is 12. The third-order valence-electron chi connectivity index (χ3n) is 3.88. The molecule has 1 amide bonds. The van der Waals surface area contributed by atoms with Gasteiger partial charge in [-0.25, -0.2) is 0 Å². The predicted molar refractivity (Wildman–Crippen MR) is 93.1 cm³/mol. The highest BCUT2D eigenvalue weighted by Gasteiger charge is 2.15. The summed E-state index contributed by atoms with van der Waals surface area (Å²) in [6, 6.07) is 3.16. The number of ether oxygens (including phenoxy) is 2. The molecule has 0 saturated heterocycles. The van der Waals surface area contributed by atoms with Crippen LogP contribution in [0.5, 0.6) is 11.5 Å². The fourth-order valence-electron chi connectivity index (χ4n) is 2.51. The molecule has 3 N–H and O–H groups in total. The van der Waals surface area contributed by atoms with Crippen LogP contribution in [0.2, 0.25) is 0 Å². The lowest BCUT2D eigenvalue weighted by Crippen LogP contribution is -2.24. The molecule has 0 aromatic heterocycles. The number of aliphatic hydroxyl groups excluding tert-OH is 1. The zero-order chi connectivity index (χ0) is 18.7. The van der Waals surface area contributed by atoms with Crippen molar-refractivity contribution in [2.24, 2.45) is 0 Å². The van der Waals surface area contributed by atoms with Crippen molar-refractivity contribution in [2.75, 3.05) is 20.8 Å². The molecule has 0 atom stereocenters. The van der Waals surface area contributed by atoms with E-state index >= 15 is 0 Å². The second-order valence-corrected chi connectivity index (χ2v) is 5.68. The molecule has 0 bridgehead atoms. The fourth-order valence-corrected chi connectivity index (χ4v) is 2.51. The highest BCUT2D eigenvalue weighted by atomic mass is 16.5. The topological polar surface area (TPSA) is 105 Å². The Balaban J connectivity index is 2.43. The zero-order valence-electron chi connectivity index (χ0n) is 14.8. The van der Waals surface area contributed by atoms with Crippen molar-refractivity contribution < 1.29 is 29.3 Å². The molecule has 0 aliphatic rings. The minimum atomic E-state index is -0.759. The summed E-state index contributed by atoms with van der Waals surface area (Å²) in [5.74, 6) is -0.173. The Bertz CT molecular complexity index is 548. The van der Waals surface area contributed by atoms with Gasteiger partial charge in [0.15, 0.2) is 0 Å². The molecule has 7 nitrogen and oxygen atoms in total. The van der Waals surface area contributed by atoms with E-state index in [0.717, 1.165) is 25.7 Å². The number of benzene rings is 1. The first kappa shape index (κ1) is 20.8. The molecule has 140 valence electrons. The third-order valence-corrected chi connectivity index (χ3v) is 3.88. The molecule has 25 heavy (non-hydrogen) atoms. The summed E-state index contributed by atoms with van der Waals surface area (Å²) in [7, 11) is 2.94. The summed E-state index contributed by atoms with van der Waals surface area (Å²) in [4.78, 5) is 22.6. The summed E-state index contributed by atoms with van der Waals surface area (Å²) < 4.78 is 10.4. The van der Waals surface area contributed by atoms with Crippen LogP contribution < -0.4 is 14.8 Å². The van der Waals surface area contributed by atoms with Crippen LogP contribution in [-0.4, -0.2) is 42.9 Å². The van der Waals surface area contributed by atoms with E-state index in [2.05, 4.69) is 5.32 Å². The average Bonchev–Trinajstić information content (AvgIpc) is 2.61. The second-order valence-electron chi connectivity index (χ2n) is 5.68. The predicted octanol–water partition coefficient (Wildman–Crippen LogP) is 2.35. The van der Waals surface area contributed by atoms with Crippen molar-refractivity contribution in [3.8, 4) is 11.5 Å². The Morgan fingerprint density at radius 1 is 1.00 bits per heavy atom. The highest BCUT2D eigenvalue weighted by Crippen LogP contribution is 2.30. The smallest absolute Gasteiger partial charge is 0.303 e. The van der Waals surface area contributed by atoms with Crippen LogP contribution in [0, 0.1) is 0 Å². The first-order valence-electron chi connectivity index (χ1n) is 8.39. The van der Waals surface area contributed by atoms with E-state index in [4.69, 9.17) is 14.6 Å². The number of carboxylic acids is 1. The zero-order valence-corrected chi connectivity index (χ0v) is 14.8. The number of carboxylic acid groups (broad SMARTS) is 1. The second kappa shape index (κ2) is 11.3. The Labute approximate surface area is 147 Å². The highest BCUT2D eigenvalue weighted by molar-refractivity contribution is 5.95. The van der Waals surface area contributed by atoms with Gasteiger partial charge in [0.1, 0.15) is 11.5 Å². The number of aliphatic hydroxyl groups is 1. The summed E-state index contributed by atoms with van der Waals surface area (Å²) in [5.41, 5.74) is 0.912. The SMILES string of the molecule is COc1cc(C(=O)NCCCCCCCC(=O)O)cc(OC)c1CO. The number of aliphatic carboxylic acids is 1. The molecule has 0 aliphatic heterocycles. The van der Waals surface area contributed by atoms with Crippen molar-refractivity contribution >= 4 is 11.9 Å². The van der Waals surface area contributed by atoms with Crippen molar-refractivity contribution in [2.45, 2.75) is 45.1 Å². The first-order chi connectivity index (χ1) is 12.0. The van der Waals surface area contributed by atoms with E-state index in [9.17, 15) is 14.7 Å². The van der Waals surface area contributed by atoms with Gasteiger partial charge in [-0.05, 0) is 25.0 Å². The number of amides is 1. The van der Waals surface area contributed by atoms with Gasteiger partial charge < -0.3 is 25.0 Å². The monoisotopic (exact) mass is 353 g/mol. The van der Waals surface area contributed by atoms with E-state index in [1.807, 2.05) is 0 Å². The lowest BCUT2D eigenvalue weighted by Gasteiger charge is -2.14. The molecule has 7 heteroatoms. The van der Waals surface area contributed by atoms with Crippen LogP contribution in [0.3, 0.4) is 0 Å². The van der Waals surface area contributed by atoms with Crippen LogP contribution in [0.1, 0.15) is 54.4 Å². The van der Waals surface area contributed by atoms with Crippen LogP contribution in [0.15, 0.2) is 12.1 Å². The molecular formula is C18H27NO6. The van der Waals surface area contributed by atoms with Crippen molar-refractivity contribution in [1.82, 2.24) is 5.32 Å². The quantitative estimate of drug-likeness (QED) is 0.498. The number of carbonyl (C=O) groups excluding carboxylic acids is 1. The molecule has 0 heterocycles. The Hall–Kier alpha value is -2.28. The van der Waals surface area contributed by atoms with Gasteiger partial charge >= 0.3 is 5.97 Å². The van der Waals surface area contributed by atoms with Gasteiger partial charge in [0.2, 0.25) is 0 Å². The van der Waals surface area contributed by atoms with E-state index < -0.39 is 5.97 Å². The number of unbranched alkanes of at least 4 members (excludes halogenated alkanes) is 4. The van der Waals surface area contributed by atoms with Crippen LogP contribution in [0.25, 0.3) is 0 Å². The number of hydrogen-bond donors (Lipinski definition) is 3. The lowest BCUT2D eigenvalue weighted by molar-refractivity contribution is -0.137. The summed E-state index contributed by atoms with van der Waals surface area (Å²) in [6.07, 6.45) is 4.52. The molecule has 1 rings (SSSR count). The molecule has 0 unspecified atom stereocenters. The summed E-state index contributed by atoms with van der Waals surface area (Å²) in [5, 5.41) is 20.8. The number of methoxy groups -OCH3 is 2. The van der Waals surface area contributed by atoms with Gasteiger partial charge in [-0.2, -0.15) is 0 Å². The van der Waals surface area contributed by atoms with E-state index in [-0.39, 0.29) is 18.9 Å². The Kier molecular flexibility index (Phi) is 9.39. The van der Waals surface area contributed by atoms with Gasteiger partial charge in [-0.3, -0.25) is 9.59 Å². The van der Waals surface area contributed by atoms with Crippen LogP contribution in [0.4, 0.5) is 0 Å². The Morgan fingerprint density at radius 3 is 2.08 bits per heavy atom. The van der Waals surface area contributed by atoms with Crippen molar-refractivity contribution in [3.63, 3.8) is 0 Å². The fraction of sp³-hybridized carbons (Fsp3) is 0.556. The number of hydrogen-bond acceptors (Lipinski definition) is 5. The summed E-state index contributed by atoms with van der Waals surface area (Å²) >= 11 is 0. The third kappa shape index (κ3) is 7.01. The lowest BCUT2D eigenvalue weighted by atomic mass is 10.1. The van der Waals surface area contributed by atoms with Crippen molar-refractivity contribution in [3.05, 3.63) is 23.3 Å². The molecule has 1 aromatic carbocycles. The average molecular weight is 353 g/mol. The maximum absolute atomic E-state index is 12.2. The molecular weight excluding hydrogens is 326 g/mol. The molecule has 0 spiro atoms. The normalized spacial score (nSPS) is 10.4. The van der Waals surface area contributed by atoms with E-state index in [1.165, 1.54) is 14.2 Å². The minimum Gasteiger partial charge on any atom is -0.496 e. The van der Waals surface area contributed by atoms with Crippen LogP contribution >= 0.6 is 0 Å². The standard InChI is InChI=1S/C18H27NO6/c1-24-15-10-13(11-16(25-2)14(15)12-20)18(23)19-9-7-5-3-4-6-8-17(21)22/h10-11,20H,3-9,12H2,1-2H3,(H,19,23)(H,21,22). The number of nitrogens with one attached hydrogen (secondary N) is 1. The summed E-state index contributed by atoms with van der Waals surface area (Å²) in [6.45, 7) is 0.306. The van der Waals surface area contributed by atoms with Gasteiger partial charge in [0.05, 0.1) is 26.4 Å². The van der Waals surface area contributed by atoms with Gasteiger partial charge in [0.25, 0.3) is 5.91 Å². The maximum atomic E-state index is 12.2. The molecule has 0 saturated carbocycles. The maximum Gasteiger partial charge on any atom is 0.303 e. The Morgan fingerprint density at radius 2 is 1.56 bits per heavy atom. The number of carbonyl (C=O) groups is 2. The van der Waals surface area contributed by atoms with E-state index in [1.54, 1.807) is 12.1 Å². The van der Waals surface area contributed by atoms with Crippen LogP contribution in [-0.2, 0) is 11.4 Å². The van der Waals surface area contributed by atoms with Gasteiger partial charge in [0, 0.05) is 18.5 Å². The first-order valence-corrected chi connectivity index (χ1v) is 8.39.